The van der Waals surface area contributed by atoms with E-state index in [1.807, 2.05) is 66.7 Å². The third-order valence-corrected chi connectivity index (χ3v) is 4.34. The molecule has 0 aliphatic heterocycles. The number of rotatable bonds is 6. The Morgan fingerprint density at radius 3 is 2.24 bits per heavy atom. The van der Waals surface area contributed by atoms with Crippen molar-refractivity contribution >= 4 is 17.3 Å². The van der Waals surface area contributed by atoms with Crippen LogP contribution >= 0.6 is 0 Å². The highest BCUT2D eigenvalue weighted by molar-refractivity contribution is 5.65. The molecule has 0 aliphatic rings. The molecule has 0 saturated carbocycles. The minimum Gasteiger partial charge on any atom is -0.366 e. The predicted molar refractivity (Wildman–Crippen MR) is 116 cm³/mol. The predicted octanol–water partition coefficient (Wildman–Crippen LogP) is 5.37. The van der Waals surface area contributed by atoms with Crippen LogP contribution in [0.3, 0.4) is 0 Å². The van der Waals surface area contributed by atoms with Crippen LogP contribution in [-0.4, -0.2) is 9.97 Å². The van der Waals surface area contributed by atoms with Crippen molar-refractivity contribution in [1.82, 2.24) is 9.97 Å². The summed E-state index contributed by atoms with van der Waals surface area (Å²) in [5, 5.41) is 15.8. The van der Waals surface area contributed by atoms with Gasteiger partial charge in [-0.3, -0.25) is 0 Å². The van der Waals surface area contributed by atoms with Gasteiger partial charge in [0.25, 0.3) is 0 Å². The first-order valence-corrected chi connectivity index (χ1v) is 9.30. The topological polar surface area (TPSA) is 73.6 Å². The highest BCUT2D eigenvalue weighted by atomic mass is 15.1. The summed E-state index contributed by atoms with van der Waals surface area (Å²) in [7, 11) is 0. The summed E-state index contributed by atoms with van der Waals surface area (Å²) in [5.74, 6) is 2.01. The molecule has 0 fully saturated rings. The van der Waals surface area contributed by atoms with E-state index in [0.717, 1.165) is 17.1 Å². The Labute approximate surface area is 169 Å². The minimum absolute atomic E-state index is 0.592. The molecule has 0 aliphatic carbocycles. The Hall–Kier alpha value is -4.17. The van der Waals surface area contributed by atoms with Crippen LogP contribution in [0.25, 0.3) is 11.4 Å². The number of nitrogens with one attached hydrogen (secondary N) is 2. The summed E-state index contributed by atoms with van der Waals surface area (Å²) in [6.07, 6.45) is 0. The third-order valence-electron chi connectivity index (χ3n) is 4.34. The highest BCUT2D eigenvalue weighted by Crippen LogP contribution is 2.23. The number of anilines is 3. The Balaban J connectivity index is 1.65. The zero-order chi connectivity index (χ0) is 19.9. The van der Waals surface area contributed by atoms with E-state index in [-0.39, 0.29) is 0 Å². The summed E-state index contributed by atoms with van der Waals surface area (Å²) in [5.41, 5.74) is 3.50. The molecule has 5 nitrogen and oxygen atoms in total. The lowest BCUT2D eigenvalue weighted by Crippen LogP contribution is -2.05. The van der Waals surface area contributed by atoms with E-state index in [1.165, 1.54) is 5.56 Å². The van der Waals surface area contributed by atoms with Crippen molar-refractivity contribution < 1.29 is 0 Å². The first-order valence-electron chi connectivity index (χ1n) is 9.30. The van der Waals surface area contributed by atoms with Gasteiger partial charge in [-0.15, -0.1) is 0 Å². The van der Waals surface area contributed by atoms with Crippen LogP contribution in [0.15, 0.2) is 91.0 Å². The number of nitrogens with zero attached hydrogens (tertiary/aromatic N) is 3. The molecule has 2 N–H and O–H groups in total. The molecule has 4 aromatic rings. The molecular weight excluding hydrogens is 358 g/mol. The van der Waals surface area contributed by atoms with Gasteiger partial charge in [0, 0.05) is 23.9 Å². The van der Waals surface area contributed by atoms with Gasteiger partial charge in [0.2, 0.25) is 0 Å². The van der Waals surface area contributed by atoms with Gasteiger partial charge in [-0.2, -0.15) is 5.26 Å². The molecule has 0 bridgehead atoms. The van der Waals surface area contributed by atoms with Gasteiger partial charge in [-0.05, 0) is 23.8 Å². The second kappa shape index (κ2) is 8.68. The van der Waals surface area contributed by atoms with Crippen molar-refractivity contribution in [2.75, 3.05) is 10.6 Å². The fourth-order valence-electron chi connectivity index (χ4n) is 2.92. The van der Waals surface area contributed by atoms with Gasteiger partial charge < -0.3 is 10.6 Å². The molecule has 0 radical (unpaired) electrons. The molecule has 0 atom stereocenters. The van der Waals surface area contributed by atoms with Gasteiger partial charge in [0.1, 0.15) is 11.6 Å². The SMILES string of the molecule is N#Cc1cccc(Nc2cc(NCc3ccccc3)nc(-c3ccccc3)n2)c1. The van der Waals surface area contributed by atoms with Gasteiger partial charge in [0.15, 0.2) is 5.82 Å². The van der Waals surface area contributed by atoms with E-state index >= 15 is 0 Å². The Kier molecular flexibility index (Phi) is 5.45. The monoisotopic (exact) mass is 377 g/mol. The van der Waals surface area contributed by atoms with Crippen molar-refractivity contribution in [3.8, 4) is 17.5 Å². The van der Waals surface area contributed by atoms with E-state index in [1.54, 1.807) is 12.1 Å². The van der Waals surface area contributed by atoms with E-state index in [9.17, 15) is 0 Å². The molecule has 29 heavy (non-hydrogen) atoms. The van der Waals surface area contributed by atoms with Crippen molar-refractivity contribution in [2.24, 2.45) is 0 Å². The fourth-order valence-corrected chi connectivity index (χ4v) is 2.92. The van der Waals surface area contributed by atoms with E-state index < -0.39 is 0 Å². The zero-order valence-electron chi connectivity index (χ0n) is 15.7. The molecule has 0 spiro atoms. The first-order chi connectivity index (χ1) is 14.3. The molecule has 0 unspecified atom stereocenters. The molecule has 5 heteroatoms. The van der Waals surface area contributed by atoms with E-state index in [0.29, 0.717) is 23.8 Å². The second-order valence-corrected chi connectivity index (χ2v) is 6.48. The summed E-state index contributed by atoms with van der Waals surface area (Å²) >= 11 is 0. The van der Waals surface area contributed by atoms with Gasteiger partial charge in [-0.25, -0.2) is 9.97 Å². The number of aromatic nitrogens is 2. The number of hydrogen-bond acceptors (Lipinski definition) is 5. The first kappa shape index (κ1) is 18.2. The van der Waals surface area contributed by atoms with Crippen LogP contribution < -0.4 is 10.6 Å². The molecule has 140 valence electrons. The molecule has 1 aromatic heterocycles. The Morgan fingerprint density at radius 2 is 1.48 bits per heavy atom. The van der Waals surface area contributed by atoms with Crippen molar-refractivity contribution in [3.05, 3.63) is 102 Å². The maximum Gasteiger partial charge on any atom is 0.163 e. The summed E-state index contributed by atoms with van der Waals surface area (Å²) in [6.45, 7) is 0.662. The zero-order valence-corrected chi connectivity index (χ0v) is 15.7. The summed E-state index contributed by atoms with van der Waals surface area (Å²) in [4.78, 5) is 9.34. The fraction of sp³-hybridized carbons (Fsp3) is 0.0417. The van der Waals surface area contributed by atoms with Gasteiger partial charge >= 0.3 is 0 Å². The number of benzene rings is 3. The standard InChI is InChI=1S/C24H19N5/c25-16-19-10-7-13-21(14-19)27-23-15-22(26-17-18-8-3-1-4-9-18)28-24(29-23)20-11-5-2-6-12-20/h1-15H,17H2,(H2,26,27,28,29). The van der Waals surface area contributed by atoms with Crippen LogP contribution in [0.5, 0.6) is 0 Å². The lowest BCUT2D eigenvalue weighted by Gasteiger charge is -2.12. The maximum absolute atomic E-state index is 9.13. The van der Waals surface area contributed by atoms with Crippen LogP contribution in [-0.2, 0) is 6.54 Å². The molecule has 0 saturated heterocycles. The van der Waals surface area contributed by atoms with Crippen LogP contribution in [0, 0.1) is 11.3 Å². The van der Waals surface area contributed by atoms with Crippen molar-refractivity contribution in [2.45, 2.75) is 6.54 Å². The molecule has 1 heterocycles. The Bertz CT molecular complexity index is 1130. The van der Waals surface area contributed by atoms with Crippen molar-refractivity contribution in [1.29, 1.82) is 5.26 Å². The van der Waals surface area contributed by atoms with Crippen molar-refractivity contribution in [3.63, 3.8) is 0 Å². The van der Waals surface area contributed by atoms with Gasteiger partial charge in [0.05, 0.1) is 11.6 Å². The molecular formula is C24H19N5. The average Bonchev–Trinajstić information content (AvgIpc) is 2.79. The normalized spacial score (nSPS) is 10.2. The maximum atomic E-state index is 9.13. The van der Waals surface area contributed by atoms with E-state index in [2.05, 4.69) is 38.8 Å². The second-order valence-electron chi connectivity index (χ2n) is 6.48. The number of hydrogen-bond donors (Lipinski definition) is 2. The van der Waals surface area contributed by atoms with Crippen LogP contribution in [0.2, 0.25) is 0 Å². The quantitative estimate of drug-likeness (QED) is 0.472. The Morgan fingerprint density at radius 1 is 0.759 bits per heavy atom. The van der Waals surface area contributed by atoms with Crippen LogP contribution in [0.1, 0.15) is 11.1 Å². The average molecular weight is 377 g/mol. The summed E-state index contributed by atoms with van der Waals surface area (Å²) < 4.78 is 0. The van der Waals surface area contributed by atoms with E-state index in [4.69, 9.17) is 5.26 Å². The lowest BCUT2D eigenvalue weighted by molar-refractivity contribution is 1.09. The highest BCUT2D eigenvalue weighted by Gasteiger charge is 2.08. The van der Waals surface area contributed by atoms with Crippen LogP contribution in [0.4, 0.5) is 17.3 Å². The number of nitriles is 1. The smallest absolute Gasteiger partial charge is 0.163 e. The lowest BCUT2D eigenvalue weighted by atomic mass is 10.2. The minimum atomic E-state index is 0.592. The van der Waals surface area contributed by atoms with Gasteiger partial charge in [-0.1, -0.05) is 66.7 Å². The summed E-state index contributed by atoms with van der Waals surface area (Å²) in [6, 6.07) is 31.4. The largest absolute Gasteiger partial charge is 0.366 e. The molecule has 0 amide bonds. The third kappa shape index (κ3) is 4.76. The molecule has 3 aromatic carbocycles. The molecule has 4 rings (SSSR count).